The molecule has 0 aliphatic carbocycles. The van der Waals surface area contributed by atoms with E-state index < -0.39 is 0 Å². The molecule has 0 amide bonds. The molecule has 3 aromatic rings. The summed E-state index contributed by atoms with van der Waals surface area (Å²) >= 11 is 0. The normalized spacial score (nSPS) is 17.3. The number of piperidine rings is 1. The van der Waals surface area contributed by atoms with Crippen molar-refractivity contribution in [2.75, 3.05) is 25.1 Å². The Morgan fingerprint density at radius 2 is 2.12 bits per heavy atom. The van der Waals surface area contributed by atoms with Crippen molar-refractivity contribution in [1.29, 1.82) is 0 Å². The predicted octanol–water partition coefficient (Wildman–Crippen LogP) is 2.51. The van der Waals surface area contributed by atoms with E-state index in [0.29, 0.717) is 11.8 Å². The van der Waals surface area contributed by atoms with Gasteiger partial charge in [-0.2, -0.15) is 0 Å². The largest absolute Gasteiger partial charge is 0.481 e. The van der Waals surface area contributed by atoms with Gasteiger partial charge in [0.25, 0.3) is 0 Å². The topological polar surface area (TPSA) is 69.0 Å². The zero-order valence-corrected chi connectivity index (χ0v) is 14.8. The molecular formula is C19H22N6O. The Morgan fingerprint density at radius 1 is 1.15 bits per heavy atom. The fourth-order valence-electron chi connectivity index (χ4n) is 3.49. The van der Waals surface area contributed by atoms with Gasteiger partial charge in [0.1, 0.15) is 18.0 Å². The van der Waals surface area contributed by atoms with Gasteiger partial charge < -0.3 is 14.2 Å². The molecule has 4 heterocycles. The molecule has 26 heavy (non-hydrogen) atoms. The quantitative estimate of drug-likeness (QED) is 0.704. The molecule has 1 saturated heterocycles. The summed E-state index contributed by atoms with van der Waals surface area (Å²) in [4.78, 5) is 19.9. The summed E-state index contributed by atoms with van der Waals surface area (Å²) < 4.78 is 7.43. The van der Waals surface area contributed by atoms with Crippen molar-refractivity contribution in [3.63, 3.8) is 0 Å². The third kappa shape index (κ3) is 3.51. The molecule has 0 N–H and O–H groups in total. The lowest BCUT2D eigenvalue weighted by Crippen LogP contribution is -2.36. The van der Waals surface area contributed by atoms with Gasteiger partial charge in [-0.1, -0.05) is 6.07 Å². The number of imidazole rings is 1. The number of pyridine rings is 1. The van der Waals surface area contributed by atoms with Crippen molar-refractivity contribution < 1.29 is 4.74 Å². The first-order valence-electron chi connectivity index (χ1n) is 8.85. The van der Waals surface area contributed by atoms with E-state index in [0.717, 1.165) is 49.8 Å². The summed E-state index contributed by atoms with van der Waals surface area (Å²) in [5.74, 6) is 2.97. The average molecular weight is 350 g/mol. The molecule has 0 bridgehead atoms. The summed E-state index contributed by atoms with van der Waals surface area (Å²) in [6.07, 6.45) is 9.53. The molecule has 0 radical (unpaired) electrons. The van der Waals surface area contributed by atoms with Gasteiger partial charge in [-0.25, -0.2) is 15.0 Å². The standard InChI is InChI=1S/C19H22N6O/c1-26-18-11-17(22-14-23-18)24-9-4-5-15(12-24)19-21-8-10-25(19)13-16-6-2-3-7-20-16/h2-3,6-8,10-11,14-15H,4-5,9,12-13H2,1H3/t15-/m0/s1. The van der Waals surface area contributed by atoms with Gasteiger partial charge in [0.15, 0.2) is 0 Å². The van der Waals surface area contributed by atoms with Crippen molar-refractivity contribution in [3.05, 3.63) is 60.7 Å². The number of methoxy groups -OCH3 is 1. The second kappa shape index (κ2) is 7.51. The number of aromatic nitrogens is 5. The fraction of sp³-hybridized carbons (Fsp3) is 0.368. The van der Waals surface area contributed by atoms with Crippen LogP contribution < -0.4 is 9.64 Å². The highest BCUT2D eigenvalue weighted by atomic mass is 16.5. The number of anilines is 1. The van der Waals surface area contributed by atoms with E-state index in [-0.39, 0.29) is 0 Å². The van der Waals surface area contributed by atoms with E-state index in [1.165, 1.54) is 0 Å². The molecule has 0 aromatic carbocycles. The smallest absolute Gasteiger partial charge is 0.218 e. The van der Waals surface area contributed by atoms with Gasteiger partial charge in [0.05, 0.1) is 19.3 Å². The van der Waals surface area contributed by atoms with E-state index in [9.17, 15) is 0 Å². The minimum absolute atomic E-state index is 0.364. The minimum Gasteiger partial charge on any atom is -0.481 e. The van der Waals surface area contributed by atoms with Crippen LogP contribution in [0.3, 0.4) is 0 Å². The van der Waals surface area contributed by atoms with Gasteiger partial charge in [-0.05, 0) is 25.0 Å². The minimum atomic E-state index is 0.364. The zero-order chi connectivity index (χ0) is 17.8. The van der Waals surface area contributed by atoms with Crippen LogP contribution in [-0.2, 0) is 6.54 Å². The third-order valence-corrected chi connectivity index (χ3v) is 4.75. The Balaban J connectivity index is 1.52. The summed E-state index contributed by atoms with van der Waals surface area (Å²) in [7, 11) is 1.62. The number of hydrogen-bond acceptors (Lipinski definition) is 6. The second-order valence-corrected chi connectivity index (χ2v) is 6.44. The SMILES string of the molecule is COc1cc(N2CCC[C@H](c3nccn3Cc3ccccn3)C2)ncn1. The molecule has 0 unspecified atom stereocenters. The number of rotatable bonds is 5. The van der Waals surface area contributed by atoms with Crippen LogP contribution in [0, 0.1) is 0 Å². The van der Waals surface area contributed by atoms with E-state index in [2.05, 4.69) is 29.4 Å². The lowest BCUT2D eigenvalue weighted by Gasteiger charge is -2.33. The second-order valence-electron chi connectivity index (χ2n) is 6.44. The fourth-order valence-corrected chi connectivity index (χ4v) is 3.49. The molecule has 7 nitrogen and oxygen atoms in total. The average Bonchev–Trinajstić information content (AvgIpc) is 3.17. The highest BCUT2D eigenvalue weighted by Gasteiger charge is 2.26. The highest BCUT2D eigenvalue weighted by molar-refractivity contribution is 5.41. The van der Waals surface area contributed by atoms with Crippen LogP contribution in [0.1, 0.15) is 30.3 Å². The molecule has 1 fully saturated rings. The Kier molecular flexibility index (Phi) is 4.77. The monoisotopic (exact) mass is 350 g/mol. The number of ether oxygens (including phenoxy) is 1. The maximum atomic E-state index is 5.23. The maximum Gasteiger partial charge on any atom is 0.218 e. The van der Waals surface area contributed by atoms with Crippen molar-refractivity contribution in [1.82, 2.24) is 24.5 Å². The molecule has 0 spiro atoms. The van der Waals surface area contributed by atoms with Crippen LogP contribution in [0.2, 0.25) is 0 Å². The molecule has 1 aliphatic rings. The Hall–Kier alpha value is -2.96. The summed E-state index contributed by atoms with van der Waals surface area (Å²) in [5, 5.41) is 0. The van der Waals surface area contributed by atoms with Crippen LogP contribution in [-0.4, -0.2) is 44.7 Å². The Morgan fingerprint density at radius 3 is 2.96 bits per heavy atom. The molecule has 134 valence electrons. The maximum absolute atomic E-state index is 5.23. The van der Waals surface area contributed by atoms with Gasteiger partial charge in [-0.3, -0.25) is 4.98 Å². The third-order valence-electron chi connectivity index (χ3n) is 4.75. The van der Waals surface area contributed by atoms with Gasteiger partial charge in [-0.15, -0.1) is 0 Å². The van der Waals surface area contributed by atoms with Crippen LogP contribution in [0.15, 0.2) is 49.2 Å². The molecular weight excluding hydrogens is 328 g/mol. The van der Waals surface area contributed by atoms with E-state index in [4.69, 9.17) is 4.74 Å². The summed E-state index contributed by atoms with van der Waals surface area (Å²) in [6, 6.07) is 7.89. The molecule has 4 rings (SSSR count). The predicted molar refractivity (Wildman–Crippen MR) is 98.3 cm³/mol. The number of nitrogens with zero attached hydrogens (tertiary/aromatic N) is 6. The molecule has 1 aliphatic heterocycles. The van der Waals surface area contributed by atoms with Gasteiger partial charge in [0, 0.05) is 43.7 Å². The molecule has 0 saturated carbocycles. The van der Waals surface area contributed by atoms with Crippen molar-refractivity contribution in [2.24, 2.45) is 0 Å². The lowest BCUT2D eigenvalue weighted by molar-refractivity contribution is 0.396. The first-order valence-corrected chi connectivity index (χ1v) is 8.85. The Bertz CT molecular complexity index is 850. The van der Waals surface area contributed by atoms with Crippen LogP contribution in [0.4, 0.5) is 5.82 Å². The lowest BCUT2D eigenvalue weighted by atomic mass is 9.97. The van der Waals surface area contributed by atoms with E-state index in [1.807, 2.05) is 42.9 Å². The highest BCUT2D eigenvalue weighted by Crippen LogP contribution is 2.29. The molecule has 7 heteroatoms. The first kappa shape index (κ1) is 16.5. The number of hydrogen-bond donors (Lipinski definition) is 0. The zero-order valence-electron chi connectivity index (χ0n) is 14.8. The van der Waals surface area contributed by atoms with Crippen molar-refractivity contribution >= 4 is 5.82 Å². The van der Waals surface area contributed by atoms with Gasteiger partial charge in [0.2, 0.25) is 5.88 Å². The first-order chi connectivity index (χ1) is 12.8. The van der Waals surface area contributed by atoms with Crippen LogP contribution in [0.5, 0.6) is 5.88 Å². The van der Waals surface area contributed by atoms with Crippen molar-refractivity contribution in [3.8, 4) is 5.88 Å². The summed E-state index contributed by atoms with van der Waals surface area (Å²) in [6.45, 7) is 2.62. The van der Waals surface area contributed by atoms with Gasteiger partial charge >= 0.3 is 0 Å². The molecule has 3 aromatic heterocycles. The van der Waals surface area contributed by atoms with Crippen molar-refractivity contribution in [2.45, 2.75) is 25.3 Å². The molecule has 1 atom stereocenters. The summed E-state index contributed by atoms with van der Waals surface area (Å²) in [5.41, 5.74) is 1.04. The van der Waals surface area contributed by atoms with Crippen LogP contribution >= 0.6 is 0 Å². The Labute approximate surface area is 152 Å². The van der Waals surface area contributed by atoms with E-state index in [1.54, 1.807) is 13.4 Å². The van der Waals surface area contributed by atoms with Crippen LogP contribution in [0.25, 0.3) is 0 Å². The van der Waals surface area contributed by atoms with E-state index >= 15 is 0 Å².